The van der Waals surface area contributed by atoms with Gasteiger partial charge in [0.05, 0.1) is 23.8 Å². The van der Waals surface area contributed by atoms with E-state index in [2.05, 4.69) is 4.98 Å². The fraction of sp³-hybridized carbons (Fsp3) is 0.320. The van der Waals surface area contributed by atoms with E-state index in [1.165, 1.54) is 12.1 Å². The normalized spacial score (nSPS) is 17.3. The van der Waals surface area contributed by atoms with Gasteiger partial charge in [0.1, 0.15) is 11.6 Å². The molecule has 0 aliphatic carbocycles. The van der Waals surface area contributed by atoms with Crippen LogP contribution in [0.2, 0.25) is 0 Å². The number of ketones is 1. The summed E-state index contributed by atoms with van der Waals surface area (Å²) in [6.07, 6.45) is 5.71. The van der Waals surface area contributed by atoms with E-state index in [4.69, 9.17) is 16.2 Å². The van der Waals surface area contributed by atoms with Gasteiger partial charge in [-0.3, -0.25) is 14.6 Å². The summed E-state index contributed by atoms with van der Waals surface area (Å²) in [6.45, 7) is 6.10. The monoisotopic (exact) mass is 437 g/mol. The van der Waals surface area contributed by atoms with Crippen LogP contribution in [0.25, 0.3) is 11.1 Å². The van der Waals surface area contributed by atoms with Gasteiger partial charge < -0.3 is 16.2 Å². The predicted octanol–water partition coefficient (Wildman–Crippen LogP) is 3.74. The molecule has 0 saturated heterocycles. The Bertz CT molecular complexity index is 1110. The molecule has 6 nitrogen and oxygen atoms in total. The van der Waals surface area contributed by atoms with Crippen LogP contribution in [0, 0.1) is 11.7 Å². The van der Waals surface area contributed by atoms with Crippen molar-refractivity contribution < 1.29 is 18.7 Å². The Morgan fingerprint density at radius 2 is 2.06 bits per heavy atom. The highest BCUT2D eigenvalue weighted by molar-refractivity contribution is 6.22. The Kier molecular flexibility index (Phi) is 7.08. The third-order valence-corrected chi connectivity index (χ3v) is 5.93. The maximum Gasteiger partial charge on any atom is 0.252 e. The van der Waals surface area contributed by atoms with Crippen LogP contribution in [0.15, 0.2) is 42.7 Å². The van der Waals surface area contributed by atoms with E-state index in [0.717, 1.165) is 18.2 Å². The zero-order valence-electron chi connectivity index (χ0n) is 18.5. The first-order valence-electron chi connectivity index (χ1n) is 10.6. The third kappa shape index (κ3) is 4.56. The number of primary amides is 1. The molecule has 4 N–H and O–H groups in total. The average Bonchev–Trinajstić information content (AvgIpc) is 2.79. The molecule has 1 aromatic carbocycles. The Labute approximate surface area is 187 Å². The molecule has 2 heterocycles. The first kappa shape index (κ1) is 23.2. The third-order valence-electron chi connectivity index (χ3n) is 5.93. The zero-order valence-corrected chi connectivity index (χ0v) is 18.5. The number of halogens is 1. The van der Waals surface area contributed by atoms with Crippen LogP contribution >= 0.6 is 0 Å². The van der Waals surface area contributed by atoms with Crippen LogP contribution in [-0.2, 0) is 16.0 Å². The molecule has 1 aliphatic heterocycles. The second-order valence-electron chi connectivity index (χ2n) is 7.94. The van der Waals surface area contributed by atoms with Gasteiger partial charge in [-0.05, 0) is 61.1 Å². The lowest BCUT2D eigenvalue weighted by molar-refractivity contribution is -0.118. The summed E-state index contributed by atoms with van der Waals surface area (Å²) in [5.41, 5.74) is 14.3. The number of hydrogen-bond donors (Lipinski definition) is 2. The van der Waals surface area contributed by atoms with Gasteiger partial charge in [0.25, 0.3) is 5.91 Å². The minimum absolute atomic E-state index is 0.0917. The van der Waals surface area contributed by atoms with Gasteiger partial charge in [-0.1, -0.05) is 19.9 Å². The number of aromatic nitrogens is 1. The SMILES string of the molecule is C/C=C(/C(=O)C1COc2ccc(F)cc2C1)c1cnc(/C(=C/N)C(N)=O)cc1C(C)CC. The smallest absolute Gasteiger partial charge is 0.252 e. The number of carbonyl (C=O) groups excluding carboxylic acids is 2. The summed E-state index contributed by atoms with van der Waals surface area (Å²) in [4.78, 5) is 29.6. The van der Waals surface area contributed by atoms with E-state index in [0.29, 0.717) is 34.6 Å². The fourth-order valence-corrected chi connectivity index (χ4v) is 3.95. The van der Waals surface area contributed by atoms with Crippen LogP contribution in [0.3, 0.4) is 0 Å². The number of allylic oxidation sites excluding steroid dienone is 2. The van der Waals surface area contributed by atoms with E-state index >= 15 is 0 Å². The van der Waals surface area contributed by atoms with Crippen LogP contribution in [0.1, 0.15) is 55.5 Å². The topological polar surface area (TPSA) is 108 Å². The molecule has 2 unspecified atom stereocenters. The maximum atomic E-state index is 13.7. The highest BCUT2D eigenvalue weighted by Gasteiger charge is 2.30. The van der Waals surface area contributed by atoms with Gasteiger partial charge in [-0.15, -0.1) is 0 Å². The molecule has 0 saturated carbocycles. The number of pyridine rings is 1. The summed E-state index contributed by atoms with van der Waals surface area (Å²) < 4.78 is 19.4. The van der Waals surface area contributed by atoms with Crippen molar-refractivity contribution in [2.24, 2.45) is 17.4 Å². The number of hydrogen-bond acceptors (Lipinski definition) is 5. The molecule has 1 aromatic heterocycles. The fourth-order valence-electron chi connectivity index (χ4n) is 3.95. The van der Waals surface area contributed by atoms with Gasteiger partial charge >= 0.3 is 0 Å². The standard InChI is InChI=1S/C25H28FN3O3/c1-4-14(3)19-10-22(20(11-27)25(28)31)29-12-21(19)18(5-2)24(30)16-8-15-9-17(26)6-7-23(15)32-13-16/h5-7,9-12,14,16H,4,8,13,27H2,1-3H3,(H2,28,31)/b18-5+,20-11-. The average molecular weight is 438 g/mol. The van der Waals surface area contributed by atoms with Crippen LogP contribution in [-0.4, -0.2) is 23.3 Å². The molecular formula is C25H28FN3O3. The van der Waals surface area contributed by atoms with E-state index in [1.54, 1.807) is 31.3 Å². The Balaban J connectivity index is 1.99. The zero-order chi connectivity index (χ0) is 23.4. The highest BCUT2D eigenvalue weighted by atomic mass is 19.1. The molecule has 32 heavy (non-hydrogen) atoms. The predicted molar refractivity (Wildman–Crippen MR) is 122 cm³/mol. The van der Waals surface area contributed by atoms with Gasteiger partial charge in [0, 0.05) is 23.5 Å². The van der Waals surface area contributed by atoms with Crippen molar-refractivity contribution in [3.63, 3.8) is 0 Å². The van der Waals surface area contributed by atoms with Crippen molar-refractivity contribution in [3.8, 4) is 5.75 Å². The molecule has 3 rings (SSSR count). The van der Waals surface area contributed by atoms with Gasteiger partial charge in [-0.2, -0.15) is 0 Å². The van der Waals surface area contributed by atoms with E-state index in [-0.39, 0.29) is 29.7 Å². The number of ether oxygens (including phenoxy) is 1. The molecule has 0 radical (unpaired) electrons. The second kappa shape index (κ2) is 9.77. The number of carbonyl (C=O) groups is 2. The van der Waals surface area contributed by atoms with Crippen molar-refractivity contribution >= 4 is 22.8 Å². The minimum Gasteiger partial charge on any atom is -0.493 e. The number of rotatable bonds is 7. The number of fused-ring (bicyclic) bond motifs is 1. The first-order valence-corrected chi connectivity index (χ1v) is 10.6. The maximum absolute atomic E-state index is 13.7. The Morgan fingerprint density at radius 3 is 2.69 bits per heavy atom. The summed E-state index contributed by atoms with van der Waals surface area (Å²) in [7, 11) is 0. The largest absolute Gasteiger partial charge is 0.493 e. The molecule has 1 aliphatic rings. The summed E-state index contributed by atoms with van der Waals surface area (Å²) in [6, 6.07) is 6.12. The van der Waals surface area contributed by atoms with Crippen molar-refractivity contribution in [3.05, 3.63) is 70.9 Å². The highest BCUT2D eigenvalue weighted by Crippen LogP contribution is 2.34. The molecular weight excluding hydrogens is 409 g/mol. The first-order chi connectivity index (χ1) is 15.3. The Morgan fingerprint density at radius 1 is 1.31 bits per heavy atom. The van der Waals surface area contributed by atoms with Crippen molar-refractivity contribution in [2.75, 3.05) is 6.61 Å². The van der Waals surface area contributed by atoms with Crippen LogP contribution < -0.4 is 16.2 Å². The number of nitrogens with two attached hydrogens (primary N) is 2. The van der Waals surface area contributed by atoms with E-state index in [9.17, 15) is 14.0 Å². The van der Waals surface area contributed by atoms with Crippen LogP contribution in [0.5, 0.6) is 5.75 Å². The van der Waals surface area contributed by atoms with Crippen molar-refractivity contribution in [1.29, 1.82) is 0 Å². The number of benzene rings is 1. The minimum atomic E-state index is -0.671. The lowest BCUT2D eigenvalue weighted by Gasteiger charge is -2.26. The number of amides is 1. The van der Waals surface area contributed by atoms with Crippen LogP contribution in [0.4, 0.5) is 4.39 Å². The molecule has 0 fully saturated rings. The molecule has 0 bridgehead atoms. The molecule has 1 amide bonds. The molecule has 2 aromatic rings. The quantitative estimate of drug-likeness (QED) is 0.642. The lowest BCUT2D eigenvalue weighted by atomic mass is 9.83. The molecule has 7 heteroatoms. The van der Waals surface area contributed by atoms with E-state index in [1.807, 2.05) is 13.8 Å². The van der Waals surface area contributed by atoms with Gasteiger partial charge in [-0.25, -0.2) is 4.39 Å². The van der Waals surface area contributed by atoms with E-state index < -0.39 is 11.8 Å². The summed E-state index contributed by atoms with van der Waals surface area (Å²) in [5.74, 6) is -0.856. The molecule has 168 valence electrons. The number of Topliss-reactive ketones (excluding diaryl/α,β-unsaturated/α-hetero) is 1. The number of nitrogens with zero attached hydrogens (tertiary/aromatic N) is 1. The van der Waals surface area contributed by atoms with Crippen molar-refractivity contribution in [1.82, 2.24) is 4.98 Å². The Hall–Kier alpha value is -3.48. The summed E-state index contributed by atoms with van der Waals surface area (Å²) in [5, 5.41) is 0. The second-order valence-corrected chi connectivity index (χ2v) is 7.94. The van der Waals surface area contributed by atoms with Gasteiger partial charge in [0.15, 0.2) is 5.78 Å². The summed E-state index contributed by atoms with van der Waals surface area (Å²) >= 11 is 0. The molecule has 0 spiro atoms. The molecule has 2 atom stereocenters. The lowest BCUT2D eigenvalue weighted by Crippen LogP contribution is -2.29. The van der Waals surface area contributed by atoms with Gasteiger partial charge in [0.2, 0.25) is 0 Å². The van der Waals surface area contributed by atoms with Crippen molar-refractivity contribution in [2.45, 2.75) is 39.5 Å².